The second kappa shape index (κ2) is 10.6. The first kappa shape index (κ1) is 22.4. The van der Waals surface area contributed by atoms with Gasteiger partial charge in [-0.15, -0.1) is 0 Å². The van der Waals surface area contributed by atoms with Crippen LogP contribution in [-0.2, 0) is 14.8 Å². The van der Waals surface area contributed by atoms with E-state index in [1.165, 1.54) is 31.9 Å². The summed E-state index contributed by atoms with van der Waals surface area (Å²) in [5, 5.41) is 6.76. The molecule has 1 heterocycles. The molecule has 2 N–H and O–H groups in total. The molecule has 1 saturated carbocycles. The van der Waals surface area contributed by atoms with Crippen molar-refractivity contribution in [2.24, 2.45) is 16.3 Å². The van der Waals surface area contributed by atoms with E-state index in [4.69, 9.17) is 9.73 Å². The highest BCUT2D eigenvalue weighted by Crippen LogP contribution is 2.41. The summed E-state index contributed by atoms with van der Waals surface area (Å²) in [5.41, 5.74) is 0.276. The van der Waals surface area contributed by atoms with Gasteiger partial charge in [0.2, 0.25) is 10.0 Å². The average molecular weight is 403 g/mol. The lowest BCUT2D eigenvalue weighted by Gasteiger charge is -2.27. The van der Waals surface area contributed by atoms with Gasteiger partial charge in [-0.05, 0) is 50.9 Å². The summed E-state index contributed by atoms with van der Waals surface area (Å²) in [4.78, 5) is 4.88. The van der Waals surface area contributed by atoms with Gasteiger partial charge < -0.3 is 15.4 Å². The van der Waals surface area contributed by atoms with E-state index in [0.717, 1.165) is 51.6 Å². The quantitative estimate of drug-likeness (QED) is 0.331. The number of rotatable bonds is 10. The molecule has 0 aromatic carbocycles. The maximum absolute atomic E-state index is 11.7. The summed E-state index contributed by atoms with van der Waals surface area (Å²) in [6.45, 7) is 9.33. The fourth-order valence-electron chi connectivity index (χ4n) is 4.14. The van der Waals surface area contributed by atoms with Crippen molar-refractivity contribution in [3.63, 3.8) is 0 Å². The Hall–Kier alpha value is -0.860. The predicted octanol–water partition coefficient (Wildman–Crippen LogP) is 1.81. The molecule has 1 unspecified atom stereocenters. The van der Waals surface area contributed by atoms with E-state index in [1.54, 1.807) is 4.31 Å². The van der Waals surface area contributed by atoms with Crippen LogP contribution in [0.25, 0.3) is 0 Å². The third-order valence-electron chi connectivity index (χ3n) is 5.84. The molecule has 1 atom stereocenters. The number of aliphatic imine (C=N–C) groups is 1. The summed E-state index contributed by atoms with van der Waals surface area (Å²) in [6, 6.07) is 0. The van der Waals surface area contributed by atoms with Crippen LogP contribution in [0.3, 0.4) is 0 Å². The van der Waals surface area contributed by atoms with Crippen molar-refractivity contribution in [2.75, 3.05) is 52.2 Å². The number of nitrogens with one attached hydrogen (secondary N) is 2. The van der Waals surface area contributed by atoms with Crippen LogP contribution in [0.4, 0.5) is 0 Å². The summed E-state index contributed by atoms with van der Waals surface area (Å²) in [7, 11) is -3.08. The molecule has 2 rings (SSSR count). The predicted molar refractivity (Wildman–Crippen MR) is 111 cm³/mol. The molecule has 8 heteroatoms. The zero-order chi connectivity index (χ0) is 19.8. The first-order valence-electron chi connectivity index (χ1n) is 10.4. The standard InChI is InChI=1S/C19H38N4O3S/c1-4-20-18(21-14-17-8-12-23(15-17)27(3,24)25)22-16-19(9-6-7-10-19)11-13-26-5-2/h17H,4-16H2,1-3H3,(H2,20,21,22). The maximum atomic E-state index is 11.7. The Morgan fingerprint density at radius 3 is 2.59 bits per heavy atom. The van der Waals surface area contributed by atoms with E-state index in [0.29, 0.717) is 19.0 Å². The third kappa shape index (κ3) is 7.23. The highest BCUT2D eigenvalue weighted by atomic mass is 32.2. The number of hydrogen-bond acceptors (Lipinski definition) is 4. The Bertz CT molecular complexity index is 574. The molecule has 1 aliphatic heterocycles. The van der Waals surface area contributed by atoms with Crippen molar-refractivity contribution in [1.82, 2.24) is 14.9 Å². The molecule has 0 bridgehead atoms. The lowest BCUT2D eigenvalue weighted by Crippen LogP contribution is -2.41. The van der Waals surface area contributed by atoms with E-state index >= 15 is 0 Å². The van der Waals surface area contributed by atoms with Crippen LogP contribution in [0.1, 0.15) is 52.4 Å². The van der Waals surface area contributed by atoms with Crippen LogP contribution < -0.4 is 10.6 Å². The summed E-state index contributed by atoms with van der Waals surface area (Å²) in [5.74, 6) is 1.18. The number of hydrogen-bond donors (Lipinski definition) is 2. The van der Waals surface area contributed by atoms with Gasteiger partial charge in [-0.2, -0.15) is 0 Å². The van der Waals surface area contributed by atoms with E-state index in [1.807, 2.05) is 6.92 Å². The van der Waals surface area contributed by atoms with Crippen LogP contribution in [0, 0.1) is 11.3 Å². The Labute approximate surface area is 165 Å². The van der Waals surface area contributed by atoms with Gasteiger partial charge >= 0.3 is 0 Å². The minimum atomic E-state index is -3.08. The minimum absolute atomic E-state index is 0.276. The van der Waals surface area contributed by atoms with Crippen molar-refractivity contribution in [3.8, 4) is 0 Å². The van der Waals surface area contributed by atoms with Gasteiger partial charge in [0.25, 0.3) is 0 Å². The zero-order valence-electron chi connectivity index (χ0n) is 17.3. The molecular weight excluding hydrogens is 364 g/mol. The van der Waals surface area contributed by atoms with Gasteiger partial charge in [-0.1, -0.05) is 12.8 Å². The number of ether oxygens (including phenoxy) is 1. The molecule has 27 heavy (non-hydrogen) atoms. The van der Waals surface area contributed by atoms with E-state index < -0.39 is 10.0 Å². The molecule has 0 aromatic heterocycles. The Kier molecular flexibility index (Phi) is 8.82. The second-order valence-corrected chi connectivity index (χ2v) is 9.99. The second-order valence-electron chi connectivity index (χ2n) is 8.01. The average Bonchev–Trinajstić information content (AvgIpc) is 3.27. The van der Waals surface area contributed by atoms with Gasteiger partial charge in [0, 0.05) is 45.9 Å². The van der Waals surface area contributed by atoms with Gasteiger partial charge in [0.15, 0.2) is 5.96 Å². The minimum Gasteiger partial charge on any atom is -0.382 e. The normalized spacial score (nSPS) is 23.7. The van der Waals surface area contributed by atoms with Gasteiger partial charge in [0.1, 0.15) is 0 Å². The Morgan fingerprint density at radius 2 is 2.00 bits per heavy atom. The van der Waals surface area contributed by atoms with Crippen molar-refractivity contribution >= 4 is 16.0 Å². The molecule has 1 aliphatic carbocycles. The smallest absolute Gasteiger partial charge is 0.211 e. The molecule has 7 nitrogen and oxygen atoms in total. The van der Waals surface area contributed by atoms with Crippen molar-refractivity contribution in [2.45, 2.75) is 52.4 Å². The molecule has 0 amide bonds. The van der Waals surface area contributed by atoms with E-state index in [-0.39, 0.29) is 5.41 Å². The molecule has 0 aromatic rings. The number of guanidine groups is 1. The van der Waals surface area contributed by atoms with Gasteiger partial charge in [0.05, 0.1) is 6.26 Å². The molecule has 1 saturated heterocycles. The molecular formula is C19H38N4O3S. The highest BCUT2D eigenvalue weighted by molar-refractivity contribution is 7.88. The molecule has 0 radical (unpaired) electrons. The Morgan fingerprint density at radius 1 is 1.26 bits per heavy atom. The van der Waals surface area contributed by atoms with Gasteiger partial charge in [-0.25, -0.2) is 12.7 Å². The zero-order valence-corrected chi connectivity index (χ0v) is 18.1. The van der Waals surface area contributed by atoms with Crippen LogP contribution in [0.2, 0.25) is 0 Å². The molecule has 158 valence electrons. The van der Waals surface area contributed by atoms with Crippen LogP contribution in [0.5, 0.6) is 0 Å². The van der Waals surface area contributed by atoms with E-state index in [9.17, 15) is 8.42 Å². The van der Waals surface area contributed by atoms with Crippen LogP contribution in [0.15, 0.2) is 4.99 Å². The van der Waals surface area contributed by atoms with Crippen molar-refractivity contribution < 1.29 is 13.2 Å². The topological polar surface area (TPSA) is 83.0 Å². The summed E-state index contributed by atoms with van der Waals surface area (Å²) in [6.07, 6.45) is 8.30. The number of nitrogens with zero attached hydrogens (tertiary/aromatic N) is 2. The lowest BCUT2D eigenvalue weighted by molar-refractivity contribution is 0.107. The largest absolute Gasteiger partial charge is 0.382 e. The molecule has 0 spiro atoms. The van der Waals surface area contributed by atoms with Crippen molar-refractivity contribution in [3.05, 3.63) is 0 Å². The summed E-state index contributed by atoms with van der Waals surface area (Å²) >= 11 is 0. The van der Waals surface area contributed by atoms with Gasteiger partial charge in [-0.3, -0.25) is 4.99 Å². The lowest BCUT2D eigenvalue weighted by atomic mass is 9.83. The monoisotopic (exact) mass is 402 g/mol. The Balaban J connectivity index is 1.87. The fraction of sp³-hybridized carbons (Fsp3) is 0.947. The van der Waals surface area contributed by atoms with Crippen LogP contribution in [-0.4, -0.2) is 70.9 Å². The third-order valence-corrected chi connectivity index (χ3v) is 7.11. The molecule has 2 fully saturated rings. The maximum Gasteiger partial charge on any atom is 0.211 e. The first-order chi connectivity index (χ1) is 12.9. The SMILES string of the molecule is CCNC(=NCC1(CCOCC)CCCC1)NCC1CCN(S(C)(=O)=O)C1. The summed E-state index contributed by atoms with van der Waals surface area (Å²) < 4.78 is 30.5. The van der Waals surface area contributed by atoms with E-state index in [2.05, 4.69) is 17.6 Å². The first-order valence-corrected chi connectivity index (χ1v) is 12.3. The molecule has 2 aliphatic rings. The van der Waals surface area contributed by atoms with Crippen LogP contribution >= 0.6 is 0 Å². The number of sulfonamides is 1. The van der Waals surface area contributed by atoms with Crippen molar-refractivity contribution in [1.29, 1.82) is 0 Å². The fourth-order valence-corrected chi connectivity index (χ4v) is 5.06. The highest BCUT2D eigenvalue weighted by Gasteiger charge is 2.33.